The molecule has 0 bridgehead atoms. The monoisotopic (exact) mass is 282 g/mol. The lowest BCUT2D eigenvalue weighted by atomic mass is 9.79. The molecule has 1 aromatic heterocycles. The number of thiazole rings is 1. The van der Waals surface area contributed by atoms with Gasteiger partial charge in [-0.25, -0.2) is 4.98 Å². The predicted molar refractivity (Wildman–Crippen MR) is 76.4 cm³/mol. The first-order valence-corrected chi connectivity index (χ1v) is 7.76. The number of hydrogen-bond donors (Lipinski definition) is 2. The van der Waals surface area contributed by atoms with E-state index >= 15 is 0 Å². The first kappa shape index (κ1) is 14.5. The normalized spacial score (nSPS) is 23.5. The van der Waals surface area contributed by atoms with E-state index in [0.717, 1.165) is 49.5 Å². The number of carboxylic acid groups (broad SMARTS) is 1. The van der Waals surface area contributed by atoms with Crippen LogP contribution in [0.5, 0.6) is 0 Å². The third kappa shape index (κ3) is 3.76. The zero-order chi connectivity index (χ0) is 13.8. The summed E-state index contributed by atoms with van der Waals surface area (Å²) in [7, 11) is 0. The van der Waals surface area contributed by atoms with Gasteiger partial charge in [0, 0.05) is 11.4 Å². The zero-order valence-corrected chi connectivity index (χ0v) is 12.4. The smallest absolute Gasteiger partial charge is 0.306 e. The van der Waals surface area contributed by atoms with Crippen LogP contribution in [0, 0.1) is 25.7 Å². The fourth-order valence-electron chi connectivity index (χ4n) is 2.89. The maximum atomic E-state index is 11.2. The molecule has 2 unspecified atom stereocenters. The van der Waals surface area contributed by atoms with Crippen molar-refractivity contribution in [2.45, 2.75) is 46.1 Å². The second kappa shape index (κ2) is 6.48. The van der Waals surface area contributed by atoms with Gasteiger partial charge in [-0.2, -0.15) is 0 Å². The van der Waals surface area contributed by atoms with Crippen LogP contribution in [-0.4, -0.2) is 22.6 Å². The number of hydrogen-bond acceptors (Lipinski definition) is 4. The van der Waals surface area contributed by atoms with Crippen molar-refractivity contribution in [2.24, 2.45) is 11.8 Å². The highest BCUT2D eigenvalue weighted by molar-refractivity contribution is 7.11. The number of nitrogens with one attached hydrogen (secondary N) is 1. The van der Waals surface area contributed by atoms with Gasteiger partial charge in [-0.05, 0) is 39.2 Å². The van der Waals surface area contributed by atoms with Crippen molar-refractivity contribution < 1.29 is 9.90 Å². The Morgan fingerprint density at radius 3 is 2.79 bits per heavy atom. The van der Waals surface area contributed by atoms with E-state index in [9.17, 15) is 9.90 Å². The lowest BCUT2D eigenvalue weighted by Crippen LogP contribution is -2.34. The lowest BCUT2D eigenvalue weighted by Gasteiger charge is -2.28. The van der Waals surface area contributed by atoms with Crippen LogP contribution in [0.25, 0.3) is 0 Å². The fraction of sp³-hybridized carbons (Fsp3) is 0.714. The van der Waals surface area contributed by atoms with Crippen LogP contribution in [0.3, 0.4) is 0 Å². The summed E-state index contributed by atoms with van der Waals surface area (Å²) in [4.78, 5) is 16.9. The molecule has 1 aliphatic rings. The standard InChI is InChI=1S/C14H22N2O2S/c1-9-13(19-10(2)16-9)8-15-7-11-5-3-4-6-12(11)14(17)18/h11-12,15H,3-8H2,1-2H3,(H,17,18). The number of rotatable bonds is 5. The Morgan fingerprint density at radius 1 is 1.42 bits per heavy atom. The summed E-state index contributed by atoms with van der Waals surface area (Å²) in [6, 6.07) is 0. The largest absolute Gasteiger partial charge is 0.481 e. The Labute approximate surface area is 118 Å². The molecule has 0 aliphatic heterocycles. The Kier molecular flexibility index (Phi) is 4.93. The van der Waals surface area contributed by atoms with Gasteiger partial charge in [-0.3, -0.25) is 4.79 Å². The van der Waals surface area contributed by atoms with Gasteiger partial charge in [0.15, 0.2) is 0 Å². The molecule has 0 radical (unpaired) electrons. The van der Waals surface area contributed by atoms with Crippen LogP contribution < -0.4 is 5.32 Å². The minimum absolute atomic E-state index is 0.162. The van der Waals surface area contributed by atoms with E-state index in [1.54, 1.807) is 11.3 Å². The molecule has 1 fully saturated rings. The van der Waals surface area contributed by atoms with Gasteiger partial charge in [0.05, 0.1) is 16.6 Å². The van der Waals surface area contributed by atoms with Gasteiger partial charge >= 0.3 is 5.97 Å². The second-order valence-corrected chi connectivity index (χ2v) is 6.65. The molecule has 106 valence electrons. The minimum atomic E-state index is -0.628. The molecule has 5 heteroatoms. The third-order valence-electron chi connectivity index (χ3n) is 3.92. The number of carboxylic acids is 1. The Hall–Kier alpha value is -0.940. The number of aryl methyl sites for hydroxylation is 2. The second-order valence-electron chi connectivity index (χ2n) is 5.36. The molecule has 0 saturated heterocycles. The highest BCUT2D eigenvalue weighted by atomic mass is 32.1. The van der Waals surface area contributed by atoms with Crippen molar-refractivity contribution >= 4 is 17.3 Å². The van der Waals surface area contributed by atoms with E-state index in [1.165, 1.54) is 4.88 Å². The molecular weight excluding hydrogens is 260 g/mol. The SMILES string of the molecule is Cc1nc(C)c(CNCC2CCCCC2C(=O)O)s1. The van der Waals surface area contributed by atoms with E-state index in [-0.39, 0.29) is 11.8 Å². The number of aromatic nitrogens is 1. The van der Waals surface area contributed by atoms with Crippen LogP contribution in [0.4, 0.5) is 0 Å². The first-order valence-electron chi connectivity index (χ1n) is 6.94. The Morgan fingerprint density at radius 2 is 2.16 bits per heavy atom. The van der Waals surface area contributed by atoms with Crippen molar-refractivity contribution in [3.8, 4) is 0 Å². The molecule has 1 aliphatic carbocycles. The molecule has 2 atom stereocenters. The number of nitrogens with zero attached hydrogens (tertiary/aromatic N) is 1. The summed E-state index contributed by atoms with van der Waals surface area (Å²) in [5, 5.41) is 13.7. The molecule has 1 heterocycles. The summed E-state index contributed by atoms with van der Waals surface area (Å²) in [5.41, 5.74) is 1.09. The third-order valence-corrected chi connectivity index (χ3v) is 4.99. The van der Waals surface area contributed by atoms with Gasteiger partial charge in [-0.1, -0.05) is 12.8 Å². The average Bonchev–Trinajstić information content (AvgIpc) is 2.68. The zero-order valence-electron chi connectivity index (χ0n) is 11.6. The molecule has 19 heavy (non-hydrogen) atoms. The molecule has 1 aromatic rings. The molecule has 2 rings (SSSR count). The van der Waals surface area contributed by atoms with E-state index < -0.39 is 5.97 Å². The molecular formula is C14H22N2O2S. The topological polar surface area (TPSA) is 62.2 Å². The maximum absolute atomic E-state index is 11.2. The molecule has 2 N–H and O–H groups in total. The van der Waals surface area contributed by atoms with Gasteiger partial charge in [-0.15, -0.1) is 11.3 Å². The predicted octanol–water partition coefficient (Wildman–Crippen LogP) is 2.74. The van der Waals surface area contributed by atoms with Gasteiger partial charge in [0.2, 0.25) is 0 Å². The highest BCUT2D eigenvalue weighted by Crippen LogP contribution is 2.30. The van der Waals surface area contributed by atoms with Crippen LogP contribution in [0.15, 0.2) is 0 Å². The molecule has 1 saturated carbocycles. The molecule has 4 nitrogen and oxygen atoms in total. The van der Waals surface area contributed by atoms with E-state index in [0.29, 0.717) is 0 Å². The van der Waals surface area contributed by atoms with E-state index in [1.807, 2.05) is 13.8 Å². The van der Waals surface area contributed by atoms with Crippen molar-refractivity contribution in [3.63, 3.8) is 0 Å². The van der Waals surface area contributed by atoms with Gasteiger partial charge in [0.25, 0.3) is 0 Å². The van der Waals surface area contributed by atoms with Crippen LogP contribution >= 0.6 is 11.3 Å². The first-order chi connectivity index (χ1) is 9.08. The van der Waals surface area contributed by atoms with Gasteiger partial charge in [0.1, 0.15) is 0 Å². The number of aliphatic carboxylic acids is 1. The van der Waals surface area contributed by atoms with Crippen LogP contribution in [0.1, 0.15) is 41.3 Å². The van der Waals surface area contributed by atoms with Crippen molar-refractivity contribution in [2.75, 3.05) is 6.54 Å². The lowest BCUT2D eigenvalue weighted by molar-refractivity contribution is -0.144. The minimum Gasteiger partial charge on any atom is -0.481 e. The Bertz CT molecular complexity index is 445. The summed E-state index contributed by atoms with van der Waals surface area (Å²) < 4.78 is 0. The Balaban J connectivity index is 1.84. The summed E-state index contributed by atoms with van der Waals surface area (Å²) in [6.07, 6.45) is 4.08. The van der Waals surface area contributed by atoms with Crippen LogP contribution in [-0.2, 0) is 11.3 Å². The van der Waals surface area contributed by atoms with Crippen molar-refractivity contribution in [3.05, 3.63) is 15.6 Å². The van der Waals surface area contributed by atoms with Crippen LogP contribution in [0.2, 0.25) is 0 Å². The van der Waals surface area contributed by atoms with Crippen molar-refractivity contribution in [1.82, 2.24) is 10.3 Å². The van der Waals surface area contributed by atoms with Crippen molar-refractivity contribution in [1.29, 1.82) is 0 Å². The number of carbonyl (C=O) groups is 1. The summed E-state index contributed by atoms with van der Waals surface area (Å²) in [6.45, 7) is 5.65. The molecule has 0 spiro atoms. The fourth-order valence-corrected chi connectivity index (χ4v) is 3.79. The summed E-state index contributed by atoms with van der Waals surface area (Å²) >= 11 is 1.72. The average molecular weight is 282 g/mol. The maximum Gasteiger partial charge on any atom is 0.306 e. The van der Waals surface area contributed by atoms with E-state index in [4.69, 9.17) is 0 Å². The molecule has 0 aromatic carbocycles. The van der Waals surface area contributed by atoms with Gasteiger partial charge < -0.3 is 10.4 Å². The van der Waals surface area contributed by atoms with E-state index in [2.05, 4.69) is 10.3 Å². The highest BCUT2D eigenvalue weighted by Gasteiger charge is 2.30. The molecule has 0 amide bonds. The quantitative estimate of drug-likeness (QED) is 0.871. The summed E-state index contributed by atoms with van der Waals surface area (Å²) in [5.74, 6) is -0.512.